The summed E-state index contributed by atoms with van der Waals surface area (Å²) in [4.78, 5) is 37.1. The molecule has 0 bridgehead atoms. The Labute approximate surface area is 137 Å². The fraction of sp³-hybridized carbons (Fsp3) is 0.812. The van der Waals surface area contributed by atoms with Gasteiger partial charge < -0.3 is 14.7 Å². The van der Waals surface area contributed by atoms with Crippen LogP contribution in [-0.2, 0) is 19.1 Å². The van der Waals surface area contributed by atoms with Gasteiger partial charge in [0.25, 0.3) is 0 Å². The summed E-state index contributed by atoms with van der Waals surface area (Å²) in [6.07, 6.45) is 3.54. The first-order chi connectivity index (χ1) is 10.9. The Hall–Kier alpha value is -1.63. The Morgan fingerprint density at radius 1 is 1.35 bits per heavy atom. The third kappa shape index (κ3) is 5.49. The molecule has 1 aliphatic rings. The van der Waals surface area contributed by atoms with Crippen LogP contribution in [0.2, 0.25) is 0 Å². The number of hydrogen-bond acceptors (Lipinski definition) is 5. The zero-order valence-electron chi connectivity index (χ0n) is 14.2. The minimum Gasteiger partial charge on any atom is -0.480 e. The van der Waals surface area contributed by atoms with Gasteiger partial charge in [0.2, 0.25) is 5.91 Å². The van der Waals surface area contributed by atoms with Crippen molar-refractivity contribution in [2.24, 2.45) is 0 Å². The van der Waals surface area contributed by atoms with Gasteiger partial charge >= 0.3 is 11.9 Å². The highest BCUT2D eigenvalue weighted by atomic mass is 16.5. The molecule has 0 spiro atoms. The topological polar surface area (TPSA) is 95.9 Å². The molecule has 1 amide bonds. The normalized spacial score (nSPS) is 20.1. The summed E-state index contributed by atoms with van der Waals surface area (Å²) in [5.74, 6) is -1.62. The Kier molecular flexibility index (Phi) is 8.02. The Bertz CT molecular complexity index is 427. The molecule has 7 nitrogen and oxygen atoms in total. The van der Waals surface area contributed by atoms with E-state index in [1.165, 1.54) is 4.90 Å². The van der Waals surface area contributed by atoms with Crippen LogP contribution in [0.4, 0.5) is 0 Å². The first-order valence-electron chi connectivity index (χ1n) is 8.38. The minimum absolute atomic E-state index is 0.277. The number of hydrogen-bond donors (Lipinski definition) is 2. The molecule has 0 aliphatic carbocycles. The molecule has 0 aromatic rings. The van der Waals surface area contributed by atoms with Gasteiger partial charge in [-0.25, -0.2) is 4.79 Å². The van der Waals surface area contributed by atoms with E-state index in [1.54, 1.807) is 13.8 Å². The average molecular weight is 328 g/mol. The van der Waals surface area contributed by atoms with Crippen molar-refractivity contribution in [2.45, 2.75) is 71.0 Å². The highest BCUT2D eigenvalue weighted by molar-refractivity contribution is 5.88. The average Bonchev–Trinajstić information content (AvgIpc) is 3.00. The molecule has 132 valence electrons. The molecule has 0 radical (unpaired) electrons. The molecule has 1 saturated heterocycles. The lowest BCUT2D eigenvalue weighted by molar-refractivity contribution is -0.150. The zero-order valence-corrected chi connectivity index (χ0v) is 14.2. The minimum atomic E-state index is -0.976. The van der Waals surface area contributed by atoms with Crippen LogP contribution in [0.25, 0.3) is 0 Å². The summed E-state index contributed by atoms with van der Waals surface area (Å²) < 4.78 is 5.05. The lowest BCUT2D eigenvalue weighted by atomic mass is 10.1. The maximum Gasteiger partial charge on any atom is 0.326 e. The van der Waals surface area contributed by atoms with Crippen molar-refractivity contribution < 1.29 is 24.2 Å². The van der Waals surface area contributed by atoms with E-state index in [-0.39, 0.29) is 11.9 Å². The number of carboxylic acids is 1. The molecule has 23 heavy (non-hydrogen) atoms. The molecule has 0 aromatic heterocycles. The van der Waals surface area contributed by atoms with Crippen LogP contribution in [0.3, 0.4) is 0 Å². The van der Waals surface area contributed by atoms with Crippen LogP contribution in [0.5, 0.6) is 0 Å². The molecule has 1 rings (SSSR count). The molecular weight excluding hydrogens is 300 g/mol. The van der Waals surface area contributed by atoms with Gasteiger partial charge in [0.1, 0.15) is 12.1 Å². The van der Waals surface area contributed by atoms with E-state index >= 15 is 0 Å². The number of amides is 1. The smallest absolute Gasteiger partial charge is 0.326 e. The third-order valence-corrected chi connectivity index (χ3v) is 4.06. The second-order valence-corrected chi connectivity index (χ2v) is 5.86. The van der Waals surface area contributed by atoms with Crippen molar-refractivity contribution in [1.82, 2.24) is 10.2 Å². The molecule has 1 aliphatic heterocycles. The number of nitrogens with one attached hydrogen (secondary N) is 1. The molecule has 3 atom stereocenters. The van der Waals surface area contributed by atoms with Gasteiger partial charge in [-0.1, -0.05) is 19.8 Å². The van der Waals surface area contributed by atoms with Gasteiger partial charge in [-0.15, -0.1) is 0 Å². The number of carbonyl (C=O) groups excluding carboxylic acids is 2. The summed E-state index contributed by atoms with van der Waals surface area (Å²) in [5.41, 5.74) is 0. The highest BCUT2D eigenvalue weighted by Crippen LogP contribution is 2.18. The number of carboxylic acid groups (broad SMARTS) is 1. The van der Waals surface area contributed by atoms with Crippen molar-refractivity contribution in [2.75, 3.05) is 13.2 Å². The van der Waals surface area contributed by atoms with Gasteiger partial charge in [-0.2, -0.15) is 0 Å². The van der Waals surface area contributed by atoms with E-state index < -0.39 is 24.1 Å². The third-order valence-electron chi connectivity index (χ3n) is 4.06. The Balaban J connectivity index is 2.68. The Morgan fingerprint density at radius 2 is 2.04 bits per heavy atom. The van der Waals surface area contributed by atoms with Crippen molar-refractivity contribution >= 4 is 17.8 Å². The second-order valence-electron chi connectivity index (χ2n) is 5.86. The first-order valence-corrected chi connectivity index (χ1v) is 8.38. The van der Waals surface area contributed by atoms with E-state index in [2.05, 4.69) is 5.32 Å². The van der Waals surface area contributed by atoms with Gasteiger partial charge in [0, 0.05) is 6.54 Å². The summed E-state index contributed by atoms with van der Waals surface area (Å²) in [6, 6.07) is -1.93. The molecule has 7 heteroatoms. The monoisotopic (exact) mass is 328 g/mol. The van der Waals surface area contributed by atoms with Crippen molar-refractivity contribution in [3.05, 3.63) is 0 Å². The predicted octanol–water partition coefficient (Wildman–Crippen LogP) is 1.16. The predicted molar refractivity (Wildman–Crippen MR) is 84.9 cm³/mol. The lowest BCUT2D eigenvalue weighted by Crippen LogP contribution is -2.53. The van der Waals surface area contributed by atoms with Gasteiger partial charge in [0.05, 0.1) is 12.6 Å². The summed E-state index contributed by atoms with van der Waals surface area (Å²) in [6.45, 7) is 6.17. The van der Waals surface area contributed by atoms with Crippen molar-refractivity contribution in [3.63, 3.8) is 0 Å². The number of esters is 1. The van der Waals surface area contributed by atoms with Gasteiger partial charge in [-0.3, -0.25) is 14.9 Å². The standard InChI is InChI=1S/C16H28N2O5/c1-4-6-8-12(16(22)23-5-2)17-11(3)14(19)18-10-7-9-13(18)15(20)21/h11-13,17H,4-10H2,1-3H3,(H,20,21)/t11-,12-,13-/m0/s1. The quantitative estimate of drug-likeness (QED) is 0.617. The highest BCUT2D eigenvalue weighted by Gasteiger charge is 2.36. The van der Waals surface area contributed by atoms with Crippen LogP contribution < -0.4 is 5.32 Å². The fourth-order valence-corrected chi connectivity index (χ4v) is 2.83. The van der Waals surface area contributed by atoms with Crippen molar-refractivity contribution in [3.8, 4) is 0 Å². The number of rotatable bonds is 9. The number of carbonyl (C=O) groups is 3. The van der Waals surface area contributed by atoms with Crippen molar-refractivity contribution in [1.29, 1.82) is 0 Å². The SMILES string of the molecule is CCCC[C@H](N[C@@H](C)C(=O)N1CCC[C@H]1C(=O)O)C(=O)OCC. The van der Waals surface area contributed by atoms with E-state index in [1.807, 2.05) is 6.92 Å². The fourth-order valence-electron chi connectivity index (χ4n) is 2.83. The lowest BCUT2D eigenvalue weighted by Gasteiger charge is -2.27. The number of unbranched alkanes of at least 4 members (excludes halogenated alkanes) is 1. The molecule has 0 aromatic carbocycles. The molecule has 1 fully saturated rings. The van der Waals surface area contributed by atoms with Crippen LogP contribution >= 0.6 is 0 Å². The molecule has 2 N–H and O–H groups in total. The largest absolute Gasteiger partial charge is 0.480 e. The number of ether oxygens (including phenoxy) is 1. The van der Waals surface area contributed by atoms with E-state index in [9.17, 15) is 19.5 Å². The van der Waals surface area contributed by atoms with Crippen LogP contribution in [0.15, 0.2) is 0 Å². The number of likely N-dealkylation sites (tertiary alicyclic amines) is 1. The van der Waals surface area contributed by atoms with Gasteiger partial charge in [-0.05, 0) is 33.1 Å². The number of aliphatic carboxylic acids is 1. The van der Waals surface area contributed by atoms with E-state index in [0.29, 0.717) is 32.4 Å². The molecule has 1 heterocycles. The number of nitrogens with zero attached hydrogens (tertiary/aromatic N) is 1. The van der Waals surface area contributed by atoms with E-state index in [0.717, 1.165) is 12.8 Å². The first kappa shape index (κ1) is 19.4. The Morgan fingerprint density at radius 3 is 2.61 bits per heavy atom. The van der Waals surface area contributed by atoms with Crippen LogP contribution in [0.1, 0.15) is 52.9 Å². The second kappa shape index (κ2) is 9.50. The van der Waals surface area contributed by atoms with Crippen LogP contribution in [0, 0.1) is 0 Å². The van der Waals surface area contributed by atoms with Crippen LogP contribution in [-0.4, -0.2) is 59.1 Å². The zero-order chi connectivity index (χ0) is 17.4. The maximum atomic E-state index is 12.5. The maximum absolute atomic E-state index is 12.5. The molecular formula is C16H28N2O5. The van der Waals surface area contributed by atoms with Gasteiger partial charge in [0.15, 0.2) is 0 Å². The summed E-state index contributed by atoms with van der Waals surface area (Å²) >= 11 is 0. The summed E-state index contributed by atoms with van der Waals surface area (Å²) in [7, 11) is 0. The van der Waals surface area contributed by atoms with E-state index in [4.69, 9.17) is 4.74 Å². The summed E-state index contributed by atoms with van der Waals surface area (Å²) in [5, 5.41) is 12.2. The molecule has 0 unspecified atom stereocenters. The molecule has 0 saturated carbocycles.